The third-order valence-corrected chi connectivity index (χ3v) is 35.4. The van der Waals surface area contributed by atoms with Crippen molar-refractivity contribution in [2.75, 3.05) is 0 Å². The van der Waals surface area contributed by atoms with Gasteiger partial charge in [0.15, 0.2) is 16.6 Å². The molecular formula is C60H108N8Na4O10Si3. The van der Waals surface area contributed by atoms with E-state index in [1.807, 2.05) is 0 Å². The van der Waals surface area contributed by atoms with Gasteiger partial charge in [-0.05, 0) is 110 Å². The predicted molar refractivity (Wildman–Crippen MR) is 313 cm³/mol. The molecule has 0 aromatic carbocycles. The summed E-state index contributed by atoms with van der Waals surface area (Å²) in [6.07, 6.45) is 26.5. The van der Waals surface area contributed by atoms with Crippen molar-refractivity contribution in [2.45, 2.75) is 281 Å². The second-order valence-corrected chi connectivity index (χ2v) is 37.2. The van der Waals surface area contributed by atoms with E-state index in [4.69, 9.17) is 8.23 Å². The first kappa shape index (κ1) is 79.6. The molecule has 0 aromatic heterocycles. The van der Waals surface area contributed by atoms with Crippen LogP contribution in [-0.4, -0.2) is 99.8 Å². The fraction of sp³-hybridized carbons (Fsp3) is 0.933. The minimum atomic E-state index is -2.20. The Morgan fingerprint density at radius 2 is 0.529 bits per heavy atom. The Balaban J connectivity index is 0.000000408. The number of carboxylic acids is 4. The van der Waals surface area contributed by atoms with Gasteiger partial charge in [0.25, 0.3) is 10.0 Å². The molecule has 8 N–H and O–H groups in total. The van der Waals surface area contributed by atoms with Crippen molar-refractivity contribution in [1.82, 2.24) is 42.5 Å². The maximum absolute atomic E-state index is 13.0. The van der Waals surface area contributed by atoms with Crippen LogP contribution >= 0.6 is 0 Å². The van der Waals surface area contributed by atoms with Crippen molar-refractivity contribution < 1.29 is 166 Å². The average molecular weight is 1280 g/mol. The van der Waals surface area contributed by atoms with E-state index < -0.39 is 98.4 Å². The van der Waals surface area contributed by atoms with Gasteiger partial charge in [0.1, 0.15) is 0 Å². The summed E-state index contributed by atoms with van der Waals surface area (Å²) in [7, 11) is -4.03. The van der Waals surface area contributed by atoms with Gasteiger partial charge in [0.05, 0.1) is 49.3 Å². The van der Waals surface area contributed by atoms with Crippen molar-refractivity contribution >= 4 is 50.5 Å². The van der Waals surface area contributed by atoms with Crippen LogP contribution in [0.3, 0.4) is 0 Å². The molecule has 4 saturated carbocycles. The Morgan fingerprint density at radius 3 is 0.718 bits per heavy atom. The quantitative estimate of drug-likeness (QED) is 0.0374. The zero-order valence-electron chi connectivity index (χ0n) is 54.5. The number of carbonyl (C=O) groups is 4. The first-order valence-corrected chi connectivity index (χ1v) is 39.6. The van der Waals surface area contributed by atoms with Gasteiger partial charge < -0.3 is 47.8 Å². The number of hydrogen-bond donors (Lipinski definition) is 8. The molecule has 0 aromatic rings. The van der Waals surface area contributed by atoms with Crippen LogP contribution in [0.25, 0.3) is 0 Å². The van der Waals surface area contributed by atoms with Crippen molar-refractivity contribution in [3.8, 4) is 0 Å². The minimum absolute atomic E-state index is 0. The van der Waals surface area contributed by atoms with Crippen molar-refractivity contribution in [3.63, 3.8) is 0 Å². The zero-order chi connectivity index (χ0) is 57.8. The van der Waals surface area contributed by atoms with E-state index in [1.54, 1.807) is 0 Å². The first-order chi connectivity index (χ1) is 39.2. The smallest absolute Gasteiger partial charge is 0.550 e. The van der Waals surface area contributed by atoms with Gasteiger partial charge in [-0.2, -0.15) is 0 Å². The number of fused-ring (bicyclic) bond motifs is 20. The molecule has 0 radical (unpaired) electrons. The van der Waals surface area contributed by atoms with Crippen LogP contribution in [0.4, 0.5) is 0 Å². The number of hydrogen-bond acceptors (Lipinski definition) is 18. The van der Waals surface area contributed by atoms with Gasteiger partial charge in [0, 0.05) is 59.4 Å². The van der Waals surface area contributed by atoms with Crippen LogP contribution in [0.15, 0.2) is 0 Å². The summed E-state index contributed by atoms with van der Waals surface area (Å²) in [6.45, 7) is 14.0. The minimum Gasteiger partial charge on any atom is -0.550 e. The molecular weight excluding hydrogens is 1170 g/mol. The molecule has 9 rings (SSSR count). The van der Waals surface area contributed by atoms with Gasteiger partial charge in [-0.15, -0.1) is 0 Å². The zero-order valence-corrected chi connectivity index (χ0v) is 66.0. The van der Waals surface area contributed by atoms with E-state index in [9.17, 15) is 39.6 Å². The molecule has 464 valence electrons. The molecule has 9 aliphatic rings. The van der Waals surface area contributed by atoms with Crippen molar-refractivity contribution in [2.24, 2.45) is 71.0 Å². The fourth-order valence-electron chi connectivity index (χ4n) is 17.8. The average Bonchev–Trinajstić information content (AvgIpc) is 3.49. The van der Waals surface area contributed by atoms with Crippen LogP contribution in [0.2, 0.25) is 36.3 Å². The monoisotopic (exact) mass is 1280 g/mol. The summed E-state index contributed by atoms with van der Waals surface area (Å²) >= 11 is 0. The second kappa shape index (κ2) is 38.6. The number of rotatable bonds is 26. The van der Waals surface area contributed by atoms with Crippen molar-refractivity contribution in [3.05, 3.63) is 0 Å². The van der Waals surface area contributed by atoms with Gasteiger partial charge in [-0.25, -0.2) is 0 Å². The molecule has 0 amide bonds. The molecule has 5 aliphatic heterocycles. The first-order valence-electron chi connectivity index (χ1n) is 33.4. The van der Waals surface area contributed by atoms with Gasteiger partial charge in [-0.3, -0.25) is 42.5 Å². The van der Waals surface area contributed by atoms with E-state index in [0.29, 0.717) is 11.8 Å². The van der Waals surface area contributed by atoms with Crippen LogP contribution in [0.5, 0.6) is 0 Å². The van der Waals surface area contributed by atoms with E-state index in [0.717, 1.165) is 64.2 Å². The van der Waals surface area contributed by atoms with Crippen LogP contribution in [0, 0.1) is 71.0 Å². The standard InChI is InChI=1S/C36H56N8O8.C24H56O2Si3.4Na/c45-33(46)21-19-20(22(34(47)48)24(36(51)52)23(21)35(49)50)32-43-30-18-12-6-4-10-16(18)28(41-30)39-26-14-8-2-1-7-13(14)25(37-26)38-27-15-9-3-5-11-17(15)29(40-27)42-31(19)44-32;1-7-13-19-28(20-14-8-2,21-15-9-3)25-27-26-29(22-16-10-4,23-17-11-5)24-18-12-6;;;;/h13-32,37-44H,1-12H2,(H,45,46)(H,47,48)(H,49,50)(H,51,52);7-24,27H2,1-6H3;;;;/q;;4*+1/p-4. The Morgan fingerprint density at radius 1 is 0.341 bits per heavy atom. The topological polar surface area (TPSA) is 275 Å². The molecule has 85 heavy (non-hydrogen) atoms. The van der Waals surface area contributed by atoms with Crippen LogP contribution < -0.4 is 181 Å². The molecule has 20 atom stereocenters. The predicted octanol–water partition coefficient (Wildman–Crippen LogP) is -8.76. The molecule has 5 saturated heterocycles. The van der Waals surface area contributed by atoms with E-state index in [1.165, 1.54) is 126 Å². The molecule has 20 unspecified atom stereocenters. The second-order valence-electron chi connectivity index (χ2n) is 26.9. The largest absolute Gasteiger partial charge is 1.00 e. The molecule has 0 spiro atoms. The molecule has 18 nitrogen and oxygen atoms in total. The van der Waals surface area contributed by atoms with Crippen LogP contribution in [-0.2, 0) is 27.4 Å². The summed E-state index contributed by atoms with van der Waals surface area (Å²) in [6, 6.07) is 8.29. The Kier molecular flexibility index (Phi) is 36.2. The van der Waals surface area contributed by atoms with E-state index in [-0.39, 0.29) is 179 Å². The SMILES string of the molecule is CCCC[Si](CCCC)(CCCC)O[SiH2]O[Si](CCCC)(CCCC)CCCC.O=C([O-])C1C(C(=O)[O-])C(C(=O)[O-])C2C3NC4NC(NC5NC(NC6NC(NC(N3)C2C1C(=O)[O-])C1CCCCC61)C1CCCCC51)C1CCCCC41.[Na+].[Na+].[Na+].[Na+]. The van der Waals surface area contributed by atoms with Crippen LogP contribution in [0.1, 0.15) is 196 Å². The number of carboxylic acid groups (broad SMARTS) is 4. The molecule has 9 fully saturated rings. The number of aliphatic carboxylic acids is 4. The number of nitrogens with one attached hydrogen (secondary N) is 8. The third kappa shape index (κ3) is 19.4. The molecule has 25 heteroatoms. The fourth-order valence-corrected chi connectivity index (χ4v) is 31.5. The summed E-state index contributed by atoms with van der Waals surface area (Å²) in [5.74, 6) is -16.1. The number of unbranched alkanes of at least 4 members (excludes halogenated alkanes) is 6. The molecule has 8 bridgehead atoms. The summed E-state index contributed by atoms with van der Waals surface area (Å²) in [5, 5.41) is 81.6. The Bertz CT molecular complexity index is 1870. The summed E-state index contributed by atoms with van der Waals surface area (Å²) in [5.41, 5.74) is 0. The normalized spacial score (nSPS) is 36.4. The van der Waals surface area contributed by atoms with Crippen molar-refractivity contribution in [1.29, 1.82) is 0 Å². The molecule has 5 heterocycles. The van der Waals surface area contributed by atoms with Gasteiger partial charge >= 0.3 is 118 Å². The summed E-state index contributed by atoms with van der Waals surface area (Å²) < 4.78 is 14.0. The Labute approximate surface area is 604 Å². The van der Waals surface area contributed by atoms with E-state index >= 15 is 0 Å². The Hall–Kier alpha value is 2.13. The van der Waals surface area contributed by atoms with Gasteiger partial charge in [-0.1, -0.05) is 157 Å². The van der Waals surface area contributed by atoms with Gasteiger partial charge in [0.2, 0.25) is 0 Å². The molecule has 4 aliphatic carbocycles. The third-order valence-electron chi connectivity index (χ3n) is 22.0. The summed E-state index contributed by atoms with van der Waals surface area (Å²) in [4.78, 5) is 51.3. The number of carbonyl (C=O) groups excluding carboxylic acids is 4. The maximum atomic E-state index is 13.0. The van der Waals surface area contributed by atoms with E-state index in [2.05, 4.69) is 84.1 Å². The maximum Gasteiger partial charge on any atom is 1.00 e.